The minimum Gasteiger partial charge on any atom is -0.368 e. The lowest BCUT2D eigenvalue weighted by atomic mass is 10.0. The second-order valence-electron chi connectivity index (χ2n) is 5.77. The summed E-state index contributed by atoms with van der Waals surface area (Å²) in [5, 5.41) is 7.58. The van der Waals surface area contributed by atoms with Gasteiger partial charge < -0.3 is 10.6 Å². The third-order valence-corrected chi connectivity index (χ3v) is 3.94. The van der Waals surface area contributed by atoms with Gasteiger partial charge in [-0.05, 0) is 18.4 Å². The van der Waals surface area contributed by atoms with Crippen LogP contribution in [0.5, 0.6) is 0 Å². The molecule has 0 radical (unpaired) electrons. The Morgan fingerprint density at radius 3 is 2.54 bits per heavy atom. The molecule has 1 fully saturated rings. The number of aromatic nitrogens is 3. The number of primary amides is 1. The lowest BCUT2D eigenvalue weighted by Gasteiger charge is -2.27. The van der Waals surface area contributed by atoms with Crippen molar-refractivity contribution < 1.29 is 9.59 Å². The van der Waals surface area contributed by atoms with Gasteiger partial charge in [-0.25, -0.2) is 4.68 Å². The van der Waals surface area contributed by atoms with E-state index in [1.807, 2.05) is 18.2 Å². The molecular weight excluding hydrogens is 306 g/mol. The normalized spacial score (nSPS) is 14.5. The highest BCUT2D eigenvalue weighted by Crippen LogP contribution is 2.20. The van der Waals surface area contributed by atoms with Crippen LogP contribution in [-0.4, -0.2) is 44.8 Å². The van der Waals surface area contributed by atoms with E-state index < -0.39 is 5.91 Å². The van der Waals surface area contributed by atoms with E-state index in [-0.39, 0.29) is 18.1 Å². The number of nitrogens with zero attached hydrogens (tertiary/aromatic N) is 4. The van der Waals surface area contributed by atoms with Gasteiger partial charge in [0.2, 0.25) is 5.91 Å². The molecule has 2 N–H and O–H groups in total. The zero-order valence-electron chi connectivity index (χ0n) is 13.3. The van der Waals surface area contributed by atoms with Crippen LogP contribution in [-0.2, 0) is 11.3 Å². The first kappa shape index (κ1) is 15.9. The van der Waals surface area contributed by atoms with E-state index in [4.69, 9.17) is 5.73 Å². The Morgan fingerprint density at radius 1 is 1.17 bits per heavy atom. The molecule has 0 spiro atoms. The lowest BCUT2D eigenvalue weighted by Crippen LogP contribution is -2.36. The fourth-order valence-corrected chi connectivity index (χ4v) is 2.72. The number of amides is 2. The van der Waals surface area contributed by atoms with E-state index in [0.29, 0.717) is 13.1 Å². The van der Waals surface area contributed by atoms with Crippen LogP contribution in [0.15, 0.2) is 42.1 Å². The molecule has 124 valence electrons. The molecule has 0 atom stereocenters. The highest BCUT2D eigenvalue weighted by molar-refractivity contribution is 5.92. The molecule has 2 amide bonds. The maximum absolute atomic E-state index is 12.4. The van der Waals surface area contributed by atoms with E-state index in [1.54, 1.807) is 4.90 Å². The second-order valence-corrected chi connectivity index (χ2v) is 5.77. The van der Waals surface area contributed by atoms with Crippen molar-refractivity contribution in [2.24, 2.45) is 5.73 Å². The van der Waals surface area contributed by atoms with Crippen molar-refractivity contribution in [1.82, 2.24) is 19.9 Å². The van der Waals surface area contributed by atoms with Crippen LogP contribution < -0.4 is 5.73 Å². The molecule has 1 aromatic heterocycles. The number of benzene rings is 1. The maximum atomic E-state index is 12.4. The van der Waals surface area contributed by atoms with Crippen LogP contribution in [0, 0.1) is 0 Å². The van der Waals surface area contributed by atoms with Crippen LogP contribution in [0.4, 0.5) is 0 Å². The summed E-state index contributed by atoms with van der Waals surface area (Å²) in [5.74, 6) is -0.683. The number of piperidine rings is 1. The summed E-state index contributed by atoms with van der Waals surface area (Å²) >= 11 is 0. The summed E-state index contributed by atoms with van der Waals surface area (Å²) < 4.78 is 1.28. The van der Waals surface area contributed by atoms with E-state index in [2.05, 4.69) is 28.5 Å². The zero-order chi connectivity index (χ0) is 16.9. The largest absolute Gasteiger partial charge is 0.368 e. The van der Waals surface area contributed by atoms with Crippen LogP contribution in [0.25, 0.3) is 6.08 Å². The fourth-order valence-electron chi connectivity index (χ4n) is 2.72. The Bertz CT molecular complexity index is 756. The summed E-state index contributed by atoms with van der Waals surface area (Å²) in [5.41, 5.74) is 7.86. The molecule has 1 saturated heterocycles. The zero-order valence-corrected chi connectivity index (χ0v) is 13.3. The molecule has 1 aliphatic heterocycles. The molecular formula is C17H19N5O2. The minimum absolute atomic E-state index is 0.0791. The summed E-state index contributed by atoms with van der Waals surface area (Å²) in [6.07, 6.45) is 5.33. The fraction of sp³-hybridized carbons (Fsp3) is 0.294. The maximum Gasteiger partial charge on any atom is 0.276 e. The Morgan fingerprint density at radius 2 is 1.88 bits per heavy atom. The van der Waals surface area contributed by atoms with Gasteiger partial charge in [-0.3, -0.25) is 9.59 Å². The molecule has 7 heteroatoms. The number of hydrogen-bond acceptors (Lipinski definition) is 4. The van der Waals surface area contributed by atoms with Gasteiger partial charge in [0.25, 0.3) is 5.91 Å². The second kappa shape index (κ2) is 7.08. The molecule has 0 bridgehead atoms. The summed E-state index contributed by atoms with van der Waals surface area (Å²) in [7, 11) is 0. The Kier molecular flexibility index (Phi) is 4.69. The Labute approximate surface area is 139 Å². The Balaban J connectivity index is 1.60. The van der Waals surface area contributed by atoms with Crippen LogP contribution in [0.2, 0.25) is 0 Å². The SMILES string of the molecule is NC(=O)Cn1cc(C(=O)N2CCC(=Cc3ccccc3)CC2)nn1. The monoisotopic (exact) mass is 325 g/mol. The Hall–Kier alpha value is -2.96. The van der Waals surface area contributed by atoms with Gasteiger partial charge in [0.15, 0.2) is 5.69 Å². The first-order chi connectivity index (χ1) is 11.6. The quantitative estimate of drug-likeness (QED) is 0.910. The number of nitrogens with two attached hydrogens (primary N) is 1. The van der Waals surface area contributed by atoms with E-state index in [1.165, 1.54) is 22.0 Å². The summed E-state index contributed by atoms with van der Waals surface area (Å²) in [4.78, 5) is 25.1. The van der Waals surface area contributed by atoms with Gasteiger partial charge in [-0.2, -0.15) is 0 Å². The van der Waals surface area contributed by atoms with Crippen molar-refractivity contribution in [3.63, 3.8) is 0 Å². The summed E-state index contributed by atoms with van der Waals surface area (Å²) in [6, 6.07) is 10.2. The van der Waals surface area contributed by atoms with Crippen molar-refractivity contribution in [1.29, 1.82) is 0 Å². The van der Waals surface area contributed by atoms with E-state index in [9.17, 15) is 9.59 Å². The minimum atomic E-state index is -0.521. The van der Waals surface area contributed by atoms with Gasteiger partial charge in [-0.1, -0.05) is 47.2 Å². The van der Waals surface area contributed by atoms with Crippen molar-refractivity contribution >= 4 is 17.9 Å². The van der Waals surface area contributed by atoms with Crippen molar-refractivity contribution in [3.8, 4) is 0 Å². The smallest absolute Gasteiger partial charge is 0.276 e. The van der Waals surface area contributed by atoms with Gasteiger partial charge in [0.05, 0.1) is 6.20 Å². The van der Waals surface area contributed by atoms with E-state index in [0.717, 1.165) is 12.8 Å². The molecule has 24 heavy (non-hydrogen) atoms. The van der Waals surface area contributed by atoms with Crippen molar-refractivity contribution in [3.05, 3.63) is 53.4 Å². The van der Waals surface area contributed by atoms with Gasteiger partial charge >= 0.3 is 0 Å². The molecule has 1 aliphatic rings. The molecule has 2 aromatic rings. The molecule has 2 heterocycles. The standard InChI is InChI=1S/C17H19N5O2/c18-16(23)12-22-11-15(19-20-22)17(24)21-8-6-14(7-9-21)10-13-4-2-1-3-5-13/h1-5,10-11H,6-9,12H2,(H2,18,23). The third-order valence-electron chi connectivity index (χ3n) is 3.94. The van der Waals surface area contributed by atoms with Gasteiger partial charge in [0, 0.05) is 13.1 Å². The third kappa shape index (κ3) is 3.87. The molecule has 0 saturated carbocycles. The molecule has 0 aliphatic carbocycles. The summed E-state index contributed by atoms with van der Waals surface area (Å²) in [6.45, 7) is 1.23. The number of hydrogen-bond donors (Lipinski definition) is 1. The van der Waals surface area contributed by atoms with Gasteiger partial charge in [0.1, 0.15) is 6.54 Å². The van der Waals surface area contributed by atoms with Crippen LogP contribution in [0.1, 0.15) is 28.9 Å². The van der Waals surface area contributed by atoms with Crippen molar-refractivity contribution in [2.45, 2.75) is 19.4 Å². The first-order valence-electron chi connectivity index (χ1n) is 7.84. The topological polar surface area (TPSA) is 94.1 Å². The highest BCUT2D eigenvalue weighted by Gasteiger charge is 2.22. The first-order valence-corrected chi connectivity index (χ1v) is 7.84. The molecule has 3 rings (SSSR count). The molecule has 1 aromatic carbocycles. The molecule has 7 nitrogen and oxygen atoms in total. The van der Waals surface area contributed by atoms with Crippen LogP contribution in [0.3, 0.4) is 0 Å². The highest BCUT2D eigenvalue weighted by atomic mass is 16.2. The lowest BCUT2D eigenvalue weighted by molar-refractivity contribution is -0.118. The van der Waals surface area contributed by atoms with Crippen LogP contribution >= 0.6 is 0 Å². The van der Waals surface area contributed by atoms with E-state index >= 15 is 0 Å². The predicted molar refractivity (Wildman–Crippen MR) is 88.8 cm³/mol. The number of likely N-dealkylation sites (tertiary alicyclic amines) is 1. The van der Waals surface area contributed by atoms with Gasteiger partial charge in [-0.15, -0.1) is 5.10 Å². The predicted octanol–water partition coefficient (Wildman–Crippen LogP) is 1.08. The average molecular weight is 325 g/mol. The number of carbonyl (C=O) groups is 2. The number of carbonyl (C=O) groups excluding carboxylic acids is 2. The molecule has 0 unspecified atom stereocenters. The van der Waals surface area contributed by atoms with Crippen molar-refractivity contribution in [2.75, 3.05) is 13.1 Å². The number of rotatable bonds is 4. The average Bonchev–Trinajstić information content (AvgIpc) is 3.03.